The standard InChI is InChI=1S/C20H14N2O5/c1-2-27-20(24)12-5-3-6-13(11-12)21-17-10-9-16(22(25)26)14-7-4-8-15(18(14)17)19(21)23/h3-11H,2H2,1H3. The number of non-ortho nitro benzene ring substituents is 1. The molecule has 0 spiro atoms. The monoisotopic (exact) mass is 362 g/mol. The first kappa shape index (κ1) is 16.7. The molecule has 0 bridgehead atoms. The summed E-state index contributed by atoms with van der Waals surface area (Å²) in [5.41, 5.74) is 1.73. The number of hydrogen-bond donors (Lipinski definition) is 0. The predicted octanol–water partition coefficient (Wildman–Crippen LogP) is 4.22. The summed E-state index contributed by atoms with van der Waals surface area (Å²) in [7, 11) is 0. The van der Waals surface area contributed by atoms with E-state index in [0.29, 0.717) is 33.3 Å². The molecule has 0 atom stereocenters. The number of hydrogen-bond acceptors (Lipinski definition) is 5. The van der Waals surface area contributed by atoms with Gasteiger partial charge in [-0.1, -0.05) is 12.1 Å². The van der Waals surface area contributed by atoms with Crippen LogP contribution in [0.1, 0.15) is 27.6 Å². The summed E-state index contributed by atoms with van der Waals surface area (Å²) >= 11 is 0. The Labute approximate surface area is 153 Å². The Hall–Kier alpha value is -3.74. The second-order valence-electron chi connectivity index (χ2n) is 6.00. The van der Waals surface area contributed by atoms with Crippen LogP contribution in [0.3, 0.4) is 0 Å². The Bertz CT molecular complexity index is 1120. The van der Waals surface area contributed by atoms with Gasteiger partial charge >= 0.3 is 5.97 Å². The number of benzene rings is 3. The Morgan fingerprint density at radius 2 is 1.93 bits per heavy atom. The van der Waals surface area contributed by atoms with E-state index in [9.17, 15) is 19.7 Å². The van der Waals surface area contributed by atoms with Crippen molar-refractivity contribution in [2.45, 2.75) is 6.92 Å². The number of rotatable bonds is 4. The molecule has 3 aromatic rings. The largest absolute Gasteiger partial charge is 0.462 e. The van der Waals surface area contributed by atoms with Gasteiger partial charge in [-0.3, -0.25) is 19.8 Å². The summed E-state index contributed by atoms with van der Waals surface area (Å²) in [4.78, 5) is 37.4. The van der Waals surface area contributed by atoms with Gasteiger partial charge in [-0.05, 0) is 43.3 Å². The molecular weight excluding hydrogens is 348 g/mol. The number of nitro groups is 1. The molecule has 27 heavy (non-hydrogen) atoms. The van der Waals surface area contributed by atoms with Gasteiger partial charge in [0.25, 0.3) is 11.6 Å². The minimum Gasteiger partial charge on any atom is -0.462 e. The van der Waals surface area contributed by atoms with Crippen molar-refractivity contribution in [2.75, 3.05) is 11.5 Å². The third-order valence-electron chi connectivity index (χ3n) is 4.48. The van der Waals surface area contributed by atoms with E-state index in [1.54, 1.807) is 55.5 Å². The van der Waals surface area contributed by atoms with Gasteiger partial charge in [-0.25, -0.2) is 4.79 Å². The number of esters is 1. The fraction of sp³-hybridized carbons (Fsp3) is 0.100. The van der Waals surface area contributed by atoms with Crippen molar-refractivity contribution in [3.8, 4) is 0 Å². The third kappa shape index (κ3) is 2.52. The molecule has 1 aliphatic rings. The molecule has 1 heterocycles. The van der Waals surface area contributed by atoms with Crippen molar-refractivity contribution in [3.05, 3.63) is 75.8 Å². The van der Waals surface area contributed by atoms with Crippen molar-refractivity contribution >= 4 is 39.7 Å². The molecule has 134 valence electrons. The maximum atomic E-state index is 13.0. The number of nitro benzene ring substituents is 1. The van der Waals surface area contributed by atoms with Crippen molar-refractivity contribution < 1.29 is 19.2 Å². The van der Waals surface area contributed by atoms with Crippen LogP contribution in [-0.2, 0) is 4.74 Å². The lowest BCUT2D eigenvalue weighted by molar-refractivity contribution is -0.383. The third-order valence-corrected chi connectivity index (χ3v) is 4.48. The number of nitrogens with zero attached hydrogens (tertiary/aromatic N) is 2. The number of carbonyl (C=O) groups excluding carboxylic acids is 2. The summed E-state index contributed by atoms with van der Waals surface area (Å²) in [6.45, 7) is 1.97. The predicted molar refractivity (Wildman–Crippen MR) is 99.5 cm³/mol. The van der Waals surface area contributed by atoms with Gasteiger partial charge < -0.3 is 4.74 Å². The second kappa shape index (κ2) is 6.21. The first-order valence-electron chi connectivity index (χ1n) is 8.34. The van der Waals surface area contributed by atoms with Gasteiger partial charge in [0.05, 0.1) is 39.4 Å². The zero-order valence-electron chi connectivity index (χ0n) is 14.3. The zero-order valence-corrected chi connectivity index (χ0v) is 14.3. The average molecular weight is 362 g/mol. The van der Waals surface area contributed by atoms with Crippen molar-refractivity contribution in [3.63, 3.8) is 0 Å². The molecular formula is C20H14N2O5. The minimum absolute atomic E-state index is 0.0504. The van der Waals surface area contributed by atoms with Crippen molar-refractivity contribution in [2.24, 2.45) is 0 Å². The lowest BCUT2D eigenvalue weighted by Crippen LogP contribution is -2.21. The summed E-state index contributed by atoms with van der Waals surface area (Å²) in [5, 5.41) is 12.3. The van der Waals surface area contributed by atoms with Crippen LogP contribution in [0.5, 0.6) is 0 Å². The molecule has 3 aromatic carbocycles. The van der Waals surface area contributed by atoms with Crippen LogP contribution in [0.15, 0.2) is 54.6 Å². The Morgan fingerprint density at radius 1 is 1.15 bits per heavy atom. The maximum Gasteiger partial charge on any atom is 0.338 e. The maximum absolute atomic E-state index is 13.0. The molecule has 7 nitrogen and oxygen atoms in total. The van der Waals surface area contributed by atoms with E-state index in [0.717, 1.165) is 0 Å². The van der Waals surface area contributed by atoms with Crippen LogP contribution < -0.4 is 4.90 Å². The van der Waals surface area contributed by atoms with E-state index >= 15 is 0 Å². The zero-order chi connectivity index (χ0) is 19.1. The minimum atomic E-state index is -0.475. The molecule has 0 fully saturated rings. The van der Waals surface area contributed by atoms with Gasteiger partial charge in [0.15, 0.2) is 0 Å². The van der Waals surface area contributed by atoms with Crippen LogP contribution in [0.2, 0.25) is 0 Å². The van der Waals surface area contributed by atoms with E-state index in [2.05, 4.69) is 0 Å². The van der Waals surface area contributed by atoms with Crippen molar-refractivity contribution in [1.29, 1.82) is 0 Å². The van der Waals surface area contributed by atoms with E-state index in [1.807, 2.05) is 0 Å². The lowest BCUT2D eigenvalue weighted by Gasteiger charge is -2.18. The highest BCUT2D eigenvalue weighted by atomic mass is 16.6. The highest BCUT2D eigenvalue weighted by Crippen LogP contribution is 2.44. The molecule has 0 N–H and O–H groups in total. The van der Waals surface area contributed by atoms with Gasteiger partial charge in [0.1, 0.15) is 0 Å². The molecule has 0 aliphatic carbocycles. The lowest BCUT2D eigenvalue weighted by atomic mass is 10.0. The van der Waals surface area contributed by atoms with Gasteiger partial charge in [-0.15, -0.1) is 0 Å². The average Bonchev–Trinajstić information content (AvgIpc) is 2.96. The number of anilines is 2. The topological polar surface area (TPSA) is 89.8 Å². The second-order valence-corrected chi connectivity index (χ2v) is 6.00. The van der Waals surface area contributed by atoms with Gasteiger partial charge in [-0.2, -0.15) is 0 Å². The Balaban J connectivity index is 1.89. The molecule has 0 unspecified atom stereocenters. The number of amides is 1. The summed E-state index contributed by atoms with van der Waals surface area (Å²) in [6, 6.07) is 14.4. The van der Waals surface area contributed by atoms with E-state index in [4.69, 9.17) is 4.74 Å². The van der Waals surface area contributed by atoms with Gasteiger partial charge in [0, 0.05) is 11.5 Å². The van der Waals surface area contributed by atoms with E-state index in [-0.39, 0.29) is 18.2 Å². The normalized spacial score (nSPS) is 12.5. The molecule has 1 aliphatic heterocycles. The number of ether oxygens (including phenoxy) is 1. The molecule has 0 radical (unpaired) electrons. The SMILES string of the molecule is CCOC(=O)c1cccc(N2C(=O)c3cccc4c([N+](=O)[O-])ccc2c34)c1. The van der Waals surface area contributed by atoms with Crippen LogP contribution >= 0.6 is 0 Å². The molecule has 0 saturated carbocycles. The fourth-order valence-electron chi connectivity index (χ4n) is 3.37. The van der Waals surface area contributed by atoms with E-state index < -0.39 is 10.9 Å². The molecule has 4 rings (SSSR count). The summed E-state index contributed by atoms with van der Waals surface area (Å²) in [5.74, 6) is -0.769. The Kier molecular flexibility index (Phi) is 3.84. The summed E-state index contributed by atoms with van der Waals surface area (Å²) in [6.07, 6.45) is 0. The van der Waals surface area contributed by atoms with Crippen LogP contribution in [-0.4, -0.2) is 23.4 Å². The van der Waals surface area contributed by atoms with Crippen LogP contribution in [0.25, 0.3) is 10.8 Å². The summed E-state index contributed by atoms with van der Waals surface area (Å²) < 4.78 is 5.02. The van der Waals surface area contributed by atoms with E-state index in [1.165, 1.54) is 11.0 Å². The highest BCUT2D eigenvalue weighted by molar-refractivity contribution is 6.29. The molecule has 7 heteroatoms. The van der Waals surface area contributed by atoms with Gasteiger partial charge in [0.2, 0.25) is 0 Å². The van der Waals surface area contributed by atoms with Crippen LogP contribution in [0.4, 0.5) is 17.1 Å². The first-order valence-corrected chi connectivity index (χ1v) is 8.34. The highest BCUT2D eigenvalue weighted by Gasteiger charge is 2.33. The molecule has 1 amide bonds. The fourth-order valence-corrected chi connectivity index (χ4v) is 3.37. The quantitative estimate of drug-likeness (QED) is 0.394. The van der Waals surface area contributed by atoms with Crippen LogP contribution in [0, 0.1) is 10.1 Å². The smallest absolute Gasteiger partial charge is 0.338 e. The first-order chi connectivity index (χ1) is 13.0. The number of carbonyl (C=O) groups is 2. The van der Waals surface area contributed by atoms with Crippen molar-refractivity contribution in [1.82, 2.24) is 0 Å². The molecule has 0 saturated heterocycles. The molecule has 0 aromatic heterocycles. The Morgan fingerprint density at radius 3 is 2.67 bits per heavy atom.